The van der Waals surface area contributed by atoms with Gasteiger partial charge in [-0.15, -0.1) is 0 Å². The molecule has 0 aliphatic carbocycles. The summed E-state index contributed by atoms with van der Waals surface area (Å²) < 4.78 is 5.11. The first-order valence-electron chi connectivity index (χ1n) is 7.97. The molecule has 0 spiro atoms. The molecule has 2 amide bonds. The molecule has 2 aliphatic heterocycles. The highest BCUT2D eigenvalue weighted by Crippen LogP contribution is 2.22. The number of hydrogen-bond acceptors (Lipinski definition) is 3. The molecule has 6 heteroatoms. The van der Waals surface area contributed by atoms with E-state index in [0.29, 0.717) is 19.6 Å². The summed E-state index contributed by atoms with van der Waals surface area (Å²) in [5, 5.41) is 0. The smallest absolute Gasteiger partial charge is 0.228 e. The van der Waals surface area contributed by atoms with E-state index in [9.17, 15) is 9.59 Å². The van der Waals surface area contributed by atoms with Crippen LogP contribution in [0.25, 0.3) is 0 Å². The van der Waals surface area contributed by atoms with Crippen LogP contribution in [0.2, 0.25) is 0 Å². The molecular formula is C15H28N3O3+. The van der Waals surface area contributed by atoms with Crippen LogP contribution in [0.1, 0.15) is 20.3 Å². The third kappa shape index (κ3) is 3.74. The Morgan fingerprint density at radius 3 is 2.67 bits per heavy atom. The van der Waals surface area contributed by atoms with E-state index in [-0.39, 0.29) is 23.8 Å². The zero-order chi connectivity index (χ0) is 15.4. The van der Waals surface area contributed by atoms with Crippen molar-refractivity contribution in [2.24, 2.45) is 5.92 Å². The summed E-state index contributed by atoms with van der Waals surface area (Å²) in [4.78, 5) is 29.9. The normalized spacial score (nSPS) is 25.5. The Morgan fingerprint density at radius 1 is 1.43 bits per heavy atom. The van der Waals surface area contributed by atoms with E-state index in [2.05, 4.69) is 6.92 Å². The standard InChI is InChI=1S/C15H27N3O3/c1-4-16-5-7-17(8-6-16)15(20)13-9-14(19)18(10-13)12(2)11-21-3/h12-13H,4-11H2,1-3H3/p+1/t12-,13+/m0/s1. The number of ether oxygens (including phenoxy) is 1. The number of nitrogens with zero attached hydrogens (tertiary/aromatic N) is 2. The van der Waals surface area contributed by atoms with Gasteiger partial charge in [-0.1, -0.05) is 0 Å². The minimum Gasteiger partial charge on any atom is -0.383 e. The molecule has 2 fully saturated rings. The van der Waals surface area contributed by atoms with E-state index in [4.69, 9.17) is 4.74 Å². The molecule has 0 saturated carbocycles. The maximum Gasteiger partial charge on any atom is 0.228 e. The molecule has 0 aromatic carbocycles. The quantitative estimate of drug-likeness (QED) is 0.680. The maximum atomic E-state index is 12.6. The summed E-state index contributed by atoms with van der Waals surface area (Å²) >= 11 is 0. The summed E-state index contributed by atoms with van der Waals surface area (Å²) in [6, 6.07) is 0.0432. The Hall–Kier alpha value is -1.14. The second kappa shape index (κ2) is 7.22. The maximum absolute atomic E-state index is 12.6. The zero-order valence-corrected chi connectivity index (χ0v) is 13.4. The lowest BCUT2D eigenvalue weighted by molar-refractivity contribution is -0.902. The minimum absolute atomic E-state index is 0.0432. The molecule has 0 bridgehead atoms. The molecule has 2 aliphatic rings. The van der Waals surface area contributed by atoms with E-state index in [1.807, 2.05) is 11.8 Å². The van der Waals surface area contributed by atoms with Gasteiger partial charge >= 0.3 is 0 Å². The first kappa shape index (κ1) is 16.2. The first-order chi connectivity index (χ1) is 10.1. The van der Waals surface area contributed by atoms with E-state index in [1.165, 1.54) is 0 Å². The molecule has 2 heterocycles. The van der Waals surface area contributed by atoms with Gasteiger partial charge in [0.2, 0.25) is 11.8 Å². The second-order valence-corrected chi connectivity index (χ2v) is 6.18. The highest BCUT2D eigenvalue weighted by Gasteiger charge is 2.39. The van der Waals surface area contributed by atoms with E-state index >= 15 is 0 Å². The predicted molar refractivity (Wildman–Crippen MR) is 79.0 cm³/mol. The fourth-order valence-electron chi connectivity index (χ4n) is 3.31. The van der Waals surface area contributed by atoms with Gasteiger partial charge in [0.05, 0.1) is 51.3 Å². The van der Waals surface area contributed by atoms with Crippen LogP contribution in [0, 0.1) is 5.92 Å². The third-order valence-electron chi connectivity index (χ3n) is 4.73. The molecule has 2 atom stereocenters. The molecule has 6 nitrogen and oxygen atoms in total. The van der Waals surface area contributed by atoms with Gasteiger partial charge in [-0.2, -0.15) is 0 Å². The van der Waals surface area contributed by atoms with Gasteiger partial charge in [-0.3, -0.25) is 9.59 Å². The van der Waals surface area contributed by atoms with Gasteiger partial charge < -0.3 is 19.4 Å². The number of likely N-dealkylation sites (tertiary alicyclic amines) is 1. The number of carbonyl (C=O) groups is 2. The fourth-order valence-corrected chi connectivity index (χ4v) is 3.31. The van der Waals surface area contributed by atoms with Gasteiger partial charge in [0, 0.05) is 20.1 Å². The Labute approximate surface area is 127 Å². The SMILES string of the molecule is CC[NH+]1CCN(C(=O)[C@@H]2CC(=O)N([C@@H](C)COC)C2)CC1. The summed E-state index contributed by atoms with van der Waals surface area (Å²) in [7, 11) is 1.63. The molecule has 120 valence electrons. The Kier molecular flexibility index (Phi) is 5.58. The van der Waals surface area contributed by atoms with Gasteiger partial charge in [0.15, 0.2) is 0 Å². The molecule has 0 aromatic heterocycles. The van der Waals surface area contributed by atoms with Crippen LogP contribution >= 0.6 is 0 Å². The van der Waals surface area contributed by atoms with Crippen LogP contribution in [-0.2, 0) is 14.3 Å². The van der Waals surface area contributed by atoms with Crippen LogP contribution < -0.4 is 4.90 Å². The summed E-state index contributed by atoms with van der Waals surface area (Å²) in [6.07, 6.45) is 0.355. The van der Waals surface area contributed by atoms with Gasteiger partial charge in [-0.25, -0.2) is 0 Å². The molecular weight excluding hydrogens is 270 g/mol. The van der Waals surface area contributed by atoms with Gasteiger partial charge in [0.1, 0.15) is 0 Å². The molecule has 21 heavy (non-hydrogen) atoms. The molecule has 0 aromatic rings. The molecule has 2 saturated heterocycles. The molecule has 1 N–H and O–H groups in total. The highest BCUT2D eigenvalue weighted by molar-refractivity contribution is 5.89. The predicted octanol–water partition coefficient (Wildman–Crippen LogP) is -1.38. The van der Waals surface area contributed by atoms with Crippen molar-refractivity contribution in [2.45, 2.75) is 26.3 Å². The molecule has 0 radical (unpaired) electrons. The van der Waals surface area contributed by atoms with E-state index < -0.39 is 0 Å². The number of piperazine rings is 1. The topological polar surface area (TPSA) is 54.3 Å². The number of quaternary nitrogens is 1. The Morgan fingerprint density at radius 2 is 2.10 bits per heavy atom. The van der Waals surface area contributed by atoms with Crippen molar-refractivity contribution in [3.63, 3.8) is 0 Å². The second-order valence-electron chi connectivity index (χ2n) is 6.18. The number of carbonyl (C=O) groups excluding carboxylic acids is 2. The number of hydrogen-bond donors (Lipinski definition) is 1. The number of rotatable bonds is 5. The number of nitrogens with one attached hydrogen (secondary N) is 1. The van der Waals surface area contributed by atoms with Crippen LogP contribution in [0.5, 0.6) is 0 Å². The van der Waals surface area contributed by atoms with Crippen LogP contribution in [-0.4, -0.2) is 80.6 Å². The van der Waals surface area contributed by atoms with Crippen LogP contribution in [0.15, 0.2) is 0 Å². The lowest BCUT2D eigenvalue weighted by atomic mass is 10.1. The largest absolute Gasteiger partial charge is 0.383 e. The van der Waals surface area contributed by atoms with Crippen molar-refractivity contribution < 1.29 is 19.2 Å². The van der Waals surface area contributed by atoms with E-state index in [0.717, 1.165) is 32.7 Å². The van der Waals surface area contributed by atoms with Crippen LogP contribution in [0.3, 0.4) is 0 Å². The number of likely N-dealkylation sites (N-methyl/N-ethyl adjacent to an activating group) is 1. The van der Waals surface area contributed by atoms with Gasteiger partial charge in [-0.05, 0) is 13.8 Å². The monoisotopic (exact) mass is 298 g/mol. The molecule has 0 unspecified atom stereocenters. The first-order valence-corrected chi connectivity index (χ1v) is 7.97. The van der Waals surface area contributed by atoms with E-state index in [1.54, 1.807) is 16.9 Å². The lowest BCUT2D eigenvalue weighted by Gasteiger charge is -2.33. The zero-order valence-electron chi connectivity index (χ0n) is 13.4. The number of methoxy groups -OCH3 is 1. The summed E-state index contributed by atoms with van der Waals surface area (Å²) in [5.74, 6) is 0.0707. The van der Waals surface area contributed by atoms with Crippen LogP contribution in [0.4, 0.5) is 0 Å². The molecule has 2 rings (SSSR count). The van der Waals surface area contributed by atoms with Crippen molar-refractivity contribution >= 4 is 11.8 Å². The lowest BCUT2D eigenvalue weighted by Crippen LogP contribution is -3.14. The van der Waals surface area contributed by atoms with Crippen molar-refractivity contribution in [2.75, 3.05) is 53.0 Å². The van der Waals surface area contributed by atoms with Crippen molar-refractivity contribution in [1.82, 2.24) is 9.80 Å². The summed E-state index contributed by atoms with van der Waals surface area (Å²) in [5.41, 5.74) is 0. The van der Waals surface area contributed by atoms with Gasteiger partial charge in [0.25, 0.3) is 0 Å². The minimum atomic E-state index is -0.167. The number of amides is 2. The Bertz CT molecular complexity index is 380. The summed E-state index contributed by atoms with van der Waals surface area (Å²) in [6.45, 7) is 10.0. The highest BCUT2D eigenvalue weighted by atomic mass is 16.5. The average molecular weight is 298 g/mol. The van der Waals surface area contributed by atoms with Crippen molar-refractivity contribution in [1.29, 1.82) is 0 Å². The van der Waals surface area contributed by atoms with Crippen molar-refractivity contribution in [3.8, 4) is 0 Å². The fraction of sp³-hybridized carbons (Fsp3) is 0.867. The third-order valence-corrected chi connectivity index (χ3v) is 4.73. The average Bonchev–Trinajstić information content (AvgIpc) is 2.89. The Balaban J connectivity index is 1.88. The van der Waals surface area contributed by atoms with Crippen molar-refractivity contribution in [3.05, 3.63) is 0 Å².